The maximum Gasteiger partial charge on any atom is 0.202 e. The molecule has 0 fully saturated rings. The Kier molecular flexibility index (Phi) is 3.85. The van der Waals surface area contributed by atoms with Crippen molar-refractivity contribution < 1.29 is 0 Å². The van der Waals surface area contributed by atoms with Gasteiger partial charge in [0.05, 0.1) is 5.69 Å². The average molecular weight is 267 g/mol. The molecule has 0 aromatic carbocycles. The molecule has 100 valence electrons. The maximum atomic E-state index is 6.07. The van der Waals surface area contributed by atoms with Crippen molar-refractivity contribution in [2.75, 3.05) is 17.7 Å². The molecule has 18 heavy (non-hydrogen) atoms. The van der Waals surface area contributed by atoms with Gasteiger partial charge in [-0.25, -0.2) is 4.98 Å². The zero-order chi connectivity index (χ0) is 13.3. The summed E-state index contributed by atoms with van der Waals surface area (Å²) in [5, 5.41) is 4.51. The minimum atomic E-state index is 0.350. The number of nitrogens with two attached hydrogens (primary N) is 1. The van der Waals surface area contributed by atoms with Crippen LogP contribution in [0.5, 0.6) is 0 Å². The van der Waals surface area contributed by atoms with Crippen LogP contribution in [0.15, 0.2) is 0 Å². The third kappa shape index (κ3) is 2.09. The number of anilines is 1. The van der Waals surface area contributed by atoms with Crippen LogP contribution in [0.25, 0.3) is 11.2 Å². The van der Waals surface area contributed by atoms with Gasteiger partial charge in [-0.3, -0.25) is 9.25 Å². The SMILES string of the molecule is CCc1nn(C)c2c1nc(N)n2C(C)CCSC. The number of hydrogen-bond donors (Lipinski definition) is 1. The van der Waals surface area contributed by atoms with E-state index in [0.717, 1.165) is 35.5 Å². The quantitative estimate of drug-likeness (QED) is 0.902. The molecule has 0 spiro atoms. The van der Waals surface area contributed by atoms with Gasteiger partial charge < -0.3 is 5.73 Å². The fraction of sp³-hybridized carbons (Fsp3) is 0.667. The minimum absolute atomic E-state index is 0.350. The number of aryl methyl sites for hydroxylation is 2. The summed E-state index contributed by atoms with van der Waals surface area (Å²) >= 11 is 1.86. The first kappa shape index (κ1) is 13.3. The second kappa shape index (κ2) is 5.22. The van der Waals surface area contributed by atoms with Crippen molar-refractivity contribution >= 4 is 28.9 Å². The summed E-state index contributed by atoms with van der Waals surface area (Å²) in [5.74, 6) is 1.72. The number of imidazole rings is 1. The summed E-state index contributed by atoms with van der Waals surface area (Å²) in [4.78, 5) is 4.48. The van der Waals surface area contributed by atoms with Crippen molar-refractivity contribution in [3.8, 4) is 0 Å². The number of aromatic nitrogens is 4. The van der Waals surface area contributed by atoms with E-state index in [2.05, 4.69) is 34.8 Å². The van der Waals surface area contributed by atoms with Crippen LogP contribution in [0.1, 0.15) is 32.0 Å². The van der Waals surface area contributed by atoms with Gasteiger partial charge in [0, 0.05) is 13.1 Å². The summed E-state index contributed by atoms with van der Waals surface area (Å²) in [6, 6.07) is 0.350. The monoisotopic (exact) mass is 267 g/mol. The van der Waals surface area contributed by atoms with Crippen molar-refractivity contribution in [2.45, 2.75) is 32.7 Å². The van der Waals surface area contributed by atoms with Gasteiger partial charge in [0.1, 0.15) is 5.52 Å². The van der Waals surface area contributed by atoms with Crippen LogP contribution in [0.2, 0.25) is 0 Å². The van der Waals surface area contributed by atoms with Gasteiger partial charge in [0.25, 0.3) is 0 Å². The zero-order valence-corrected chi connectivity index (χ0v) is 12.3. The number of fused-ring (bicyclic) bond motifs is 1. The van der Waals surface area contributed by atoms with E-state index in [0.29, 0.717) is 12.0 Å². The smallest absolute Gasteiger partial charge is 0.202 e. The highest BCUT2D eigenvalue weighted by Crippen LogP contribution is 2.27. The molecule has 2 aromatic heterocycles. The van der Waals surface area contributed by atoms with Crippen molar-refractivity contribution in [1.29, 1.82) is 0 Å². The number of thioether (sulfide) groups is 1. The zero-order valence-electron chi connectivity index (χ0n) is 11.5. The molecule has 5 nitrogen and oxygen atoms in total. The predicted molar refractivity (Wildman–Crippen MR) is 78.0 cm³/mol. The van der Waals surface area contributed by atoms with Crippen LogP contribution < -0.4 is 5.73 Å². The normalized spacial score (nSPS) is 13.3. The third-order valence-corrected chi connectivity index (χ3v) is 3.92. The molecule has 2 heterocycles. The Labute approximate surface area is 112 Å². The van der Waals surface area contributed by atoms with Crippen LogP contribution in [0, 0.1) is 0 Å². The lowest BCUT2D eigenvalue weighted by Gasteiger charge is -2.15. The van der Waals surface area contributed by atoms with E-state index in [4.69, 9.17) is 5.73 Å². The summed E-state index contributed by atoms with van der Waals surface area (Å²) in [6.07, 6.45) is 4.09. The first-order valence-electron chi connectivity index (χ1n) is 6.28. The van der Waals surface area contributed by atoms with Gasteiger partial charge in [0.15, 0.2) is 5.65 Å². The molecule has 1 atom stereocenters. The topological polar surface area (TPSA) is 61.7 Å². The molecule has 6 heteroatoms. The van der Waals surface area contributed by atoms with Crippen molar-refractivity contribution in [3.05, 3.63) is 5.69 Å². The van der Waals surface area contributed by atoms with E-state index >= 15 is 0 Å². The fourth-order valence-electron chi connectivity index (χ4n) is 2.31. The summed E-state index contributed by atoms with van der Waals surface area (Å²) in [7, 11) is 1.96. The van der Waals surface area contributed by atoms with E-state index in [1.165, 1.54) is 0 Å². The van der Waals surface area contributed by atoms with Gasteiger partial charge in [-0.1, -0.05) is 6.92 Å². The molecule has 0 amide bonds. The molecule has 0 saturated heterocycles. The van der Waals surface area contributed by atoms with Gasteiger partial charge >= 0.3 is 0 Å². The molecule has 0 bridgehead atoms. The van der Waals surface area contributed by atoms with E-state index in [9.17, 15) is 0 Å². The molecule has 0 saturated carbocycles. The van der Waals surface area contributed by atoms with E-state index < -0.39 is 0 Å². The Morgan fingerprint density at radius 1 is 1.44 bits per heavy atom. The maximum absolute atomic E-state index is 6.07. The second-order valence-corrected chi connectivity index (χ2v) is 5.55. The van der Waals surface area contributed by atoms with Crippen LogP contribution in [0.3, 0.4) is 0 Å². The van der Waals surface area contributed by atoms with Crippen LogP contribution in [-0.2, 0) is 13.5 Å². The van der Waals surface area contributed by atoms with Gasteiger partial charge in [0.2, 0.25) is 5.95 Å². The highest BCUT2D eigenvalue weighted by Gasteiger charge is 2.20. The predicted octanol–water partition coefficient (Wildman–Crippen LogP) is 2.23. The second-order valence-electron chi connectivity index (χ2n) is 4.57. The first-order valence-corrected chi connectivity index (χ1v) is 7.67. The number of nitrogens with zero attached hydrogens (tertiary/aromatic N) is 4. The molecule has 0 aliphatic heterocycles. The van der Waals surface area contributed by atoms with E-state index in [1.807, 2.05) is 23.5 Å². The lowest BCUT2D eigenvalue weighted by molar-refractivity contribution is 0.542. The minimum Gasteiger partial charge on any atom is -0.369 e. The standard InChI is InChI=1S/C12H21N5S/c1-5-9-10-11(16(3)15-9)17(12(13)14-10)8(2)6-7-18-4/h8H,5-7H2,1-4H3,(H2,13,14). The largest absolute Gasteiger partial charge is 0.369 e. The molecule has 0 radical (unpaired) electrons. The third-order valence-electron chi connectivity index (χ3n) is 3.28. The highest BCUT2D eigenvalue weighted by molar-refractivity contribution is 7.98. The molecule has 2 N–H and O–H groups in total. The molecule has 0 aliphatic carbocycles. The van der Waals surface area contributed by atoms with Crippen molar-refractivity contribution in [3.63, 3.8) is 0 Å². The molecular weight excluding hydrogens is 246 g/mol. The van der Waals surface area contributed by atoms with Gasteiger partial charge in [-0.2, -0.15) is 16.9 Å². The fourth-order valence-corrected chi connectivity index (χ4v) is 2.89. The summed E-state index contributed by atoms with van der Waals surface area (Å²) < 4.78 is 4.00. The molecule has 2 aromatic rings. The van der Waals surface area contributed by atoms with E-state index in [-0.39, 0.29) is 0 Å². The van der Waals surface area contributed by atoms with Crippen LogP contribution in [-0.4, -0.2) is 31.3 Å². The number of rotatable bonds is 5. The molecule has 2 rings (SSSR count). The van der Waals surface area contributed by atoms with Gasteiger partial charge in [-0.15, -0.1) is 0 Å². The lowest BCUT2D eigenvalue weighted by Crippen LogP contribution is -2.12. The Balaban J connectivity index is 2.49. The Hall–Kier alpha value is -1.17. The van der Waals surface area contributed by atoms with Crippen LogP contribution >= 0.6 is 11.8 Å². The Bertz CT molecular complexity index is 542. The average Bonchev–Trinajstić information content (AvgIpc) is 2.83. The summed E-state index contributed by atoms with van der Waals surface area (Å²) in [5.41, 5.74) is 9.08. The summed E-state index contributed by atoms with van der Waals surface area (Å²) in [6.45, 7) is 4.28. The lowest BCUT2D eigenvalue weighted by atomic mass is 10.2. The van der Waals surface area contributed by atoms with Crippen molar-refractivity contribution in [2.24, 2.45) is 7.05 Å². The Morgan fingerprint density at radius 2 is 2.17 bits per heavy atom. The van der Waals surface area contributed by atoms with Gasteiger partial charge in [-0.05, 0) is 31.8 Å². The van der Waals surface area contributed by atoms with E-state index in [1.54, 1.807) is 0 Å². The highest BCUT2D eigenvalue weighted by atomic mass is 32.2. The number of hydrogen-bond acceptors (Lipinski definition) is 4. The Morgan fingerprint density at radius 3 is 2.78 bits per heavy atom. The molecule has 0 aliphatic rings. The molecule has 1 unspecified atom stereocenters. The first-order chi connectivity index (χ1) is 8.60. The van der Waals surface area contributed by atoms with Crippen LogP contribution in [0.4, 0.5) is 5.95 Å². The molecular formula is C12H21N5S. The van der Waals surface area contributed by atoms with Crippen molar-refractivity contribution in [1.82, 2.24) is 19.3 Å². The number of nitrogen functional groups attached to an aromatic ring is 1.